The van der Waals surface area contributed by atoms with E-state index in [0.29, 0.717) is 0 Å². The van der Waals surface area contributed by atoms with Gasteiger partial charge in [-0.25, -0.2) is 0 Å². The molecule has 0 aromatic rings. The molecule has 0 saturated carbocycles. The lowest BCUT2D eigenvalue weighted by molar-refractivity contribution is 0.365. The first kappa shape index (κ1) is 6.58. The van der Waals surface area contributed by atoms with Crippen LogP contribution in [-0.2, 0) is 0 Å². The van der Waals surface area contributed by atoms with Gasteiger partial charge in [-0.05, 0) is 25.9 Å². The average molecular weight is 150 g/mol. The van der Waals surface area contributed by atoms with Crippen LogP contribution in [0.2, 0.25) is 0 Å². The van der Waals surface area contributed by atoms with Gasteiger partial charge in [-0.15, -0.1) is 0 Å². The van der Waals surface area contributed by atoms with Crippen LogP contribution >= 0.6 is 11.1 Å². The van der Waals surface area contributed by atoms with Crippen molar-refractivity contribution >= 4 is 20.1 Å². The maximum absolute atomic E-state index is 5.75. The molecular weight excluding hydrogens is 138 g/mol. The van der Waals surface area contributed by atoms with Crippen LogP contribution in [0.1, 0.15) is 19.3 Å². The third-order valence-corrected chi connectivity index (χ3v) is 3.60. The minimum absolute atomic E-state index is 0.326. The van der Waals surface area contributed by atoms with E-state index in [-0.39, 0.29) is 8.99 Å². The molecular formula is C5H12ClNSi. The zero-order valence-electron chi connectivity index (χ0n) is 5.07. The monoisotopic (exact) mass is 149 g/mol. The molecule has 0 aliphatic carbocycles. The second-order valence-corrected chi connectivity index (χ2v) is 4.15. The summed E-state index contributed by atoms with van der Waals surface area (Å²) >= 11 is 5.75. The maximum Gasteiger partial charge on any atom is 0.198 e. The maximum atomic E-state index is 5.75. The minimum Gasteiger partial charge on any atom is -0.316 e. The van der Waals surface area contributed by atoms with Crippen molar-refractivity contribution in [3.05, 3.63) is 0 Å². The highest BCUT2D eigenvalue weighted by Crippen LogP contribution is 2.06. The third kappa shape index (κ3) is 1.76. The van der Waals surface area contributed by atoms with Gasteiger partial charge in [-0.2, -0.15) is 11.1 Å². The number of piperidine rings is 1. The quantitative estimate of drug-likeness (QED) is 0.392. The van der Waals surface area contributed by atoms with Gasteiger partial charge in [-0.3, -0.25) is 0 Å². The Morgan fingerprint density at radius 3 is 2.12 bits per heavy atom. The van der Waals surface area contributed by atoms with Crippen LogP contribution in [-0.4, -0.2) is 26.6 Å². The van der Waals surface area contributed by atoms with Crippen LogP contribution in [0, 0.1) is 0 Å². The summed E-state index contributed by atoms with van der Waals surface area (Å²) in [6, 6.07) is 0. The number of halogens is 1. The fraction of sp³-hybridized carbons (Fsp3) is 1.00. The molecule has 0 bridgehead atoms. The van der Waals surface area contributed by atoms with Crippen molar-refractivity contribution in [1.29, 1.82) is 0 Å². The summed E-state index contributed by atoms with van der Waals surface area (Å²) < 4.78 is 2.42. The van der Waals surface area contributed by atoms with Crippen molar-refractivity contribution in [2.24, 2.45) is 0 Å². The Balaban J connectivity index is 2.13. The highest BCUT2D eigenvalue weighted by Gasteiger charge is 2.06. The van der Waals surface area contributed by atoms with Gasteiger partial charge in [0.15, 0.2) is 8.99 Å². The molecule has 1 nitrogen and oxygen atoms in total. The second-order valence-electron chi connectivity index (χ2n) is 2.30. The molecule has 0 spiro atoms. The number of rotatable bonds is 1. The van der Waals surface area contributed by atoms with Gasteiger partial charge in [0.1, 0.15) is 0 Å². The van der Waals surface area contributed by atoms with Gasteiger partial charge in [0.05, 0.1) is 0 Å². The van der Waals surface area contributed by atoms with E-state index >= 15 is 0 Å². The molecule has 48 valence electrons. The van der Waals surface area contributed by atoms with Gasteiger partial charge >= 0.3 is 0 Å². The molecule has 0 radical (unpaired) electrons. The van der Waals surface area contributed by atoms with E-state index in [2.05, 4.69) is 4.57 Å². The van der Waals surface area contributed by atoms with E-state index in [4.69, 9.17) is 11.1 Å². The van der Waals surface area contributed by atoms with Gasteiger partial charge in [0.25, 0.3) is 0 Å². The second kappa shape index (κ2) is 3.48. The Morgan fingerprint density at radius 1 is 1.12 bits per heavy atom. The molecule has 1 aliphatic rings. The third-order valence-electron chi connectivity index (χ3n) is 1.62. The lowest BCUT2D eigenvalue weighted by Gasteiger charge is -2.23. The summed E-state index contributed by atoms with van der Waals surface area (Å²) in [4.78, 5) is 0. The van der Waals surface area contributed by atoms with Crippen LogP contribution in [0.25, 0.3) is 0 Å². The van der Waals surface area contributed by atoms with E-state index in [1.807, 2.05) is 0 Å². The molecule has 1 heterocycles. The predicted octanol–water partition coefficient (Wildman–Crippen LogP) is 0.710. The molecule has 0 aromatic carbocycles. The largest absolute Gasteiger partial charge is 0.316 e. The lowest BCUT2D eigenvalue weighted by atomic mass is 10.2. The van der Waals surface area contributed by atoms with E-state index in [0.717, 1.165) is 0 Å². The van der Waals surface area contributed by atoms with E-state index < -0.39 is 0 Å². The fourth-order valence-corrected chi connectivity index (χ4v) is 2.48. The van der Waals surface area contributed by atoms with Crippen molar-refractivity contribution in [3.8, 4) is 0 Å². The van der Waals surface area contributed by atoms with Crippen molar-refractivity contribution < 1.29 is 0 Å². The van der Waals surface area contributed by atoms with Gasteiger partial charge in [0.2, 0.25) is 0 Å². The zero-order valence-corrected chi connectivity index (χ0v) is 7.24. The minimum atomic E-state index is -0.326. The summed E-state index contributed by atoms with van der Waals surface area (Å²) in [5, 5.41) is 0. The molecule has 1 saturated heterocycles. The highest BCUT2D eigenvalue weighted by molar-refractivity contribution is 6.92. The molecule has 1 rings (SSSR count). The molecule has 0 atom stereocenters. The summed E-state index contributed by atoms with van der Waals surface area (Å²) in [5.41, 5.74) is 0. The molecule has 0 amide bonds. The summed E-state index contributed by atoms with van der Waals surface area (Å²) in [5.74, 6) is 0. The SMILES string of the molecule is Cl[SiH2]N1CCCCC1. The Morgan fingerprint density at radius 2 is 1.75 bits per heavy atom. The van der Waals surface area contributed by atoms with E-state index in [1.165, 1.54) is 32.4 Å². The molecule has 3 heteroatoms. The Bertz CT molecular complexity index is 63.4. The van der Waals surface area contributed by atoms with Crippen LogP contribution < -0.4 is 0 Å². The highest BCUT2D eigenvalue weighted by atomic mass is 35.6. The Hall–Kier alpha value is 0.467. The van der Waals surface area contributed by atoms with E-state index in [1.54, 1.807) is 0 Å². The summed E-state index contributed by atoms with van der Waals surface area (Å²) in [7, 11) is -0.326. The van der Waals surface area contributed by atoms with Crippen LogP contribution in [0.5, 0.6) is 0 Å². The molecule has 1 fully saturated rings. The topological polar surface area (TPSA) is 3.24 Å². The van der Waals surface area contributed by atoms with Crippen molar-refractivity contribution in [2.75, 3.05) is 13.1 Å². The van der Waals surface area contributed by atoms with E-state index in [9.17, 15) is 0 Å². The standard InChI is InChI=1S/C5H12ClNSi/c6-8-7-4-2-1-3-5-7/h1-5,8H2. The van der Waals surface area contributed by atoms with Crippen molar-refractivity contribution in [1.82, 2.24) is 4.57 Å². The number of hydrogen-bond donors (Lipinski definition) is 0. The lowest BCUT2D eigenvalue weighted by Crippen LogP contribution is -2.30. The normalized spacial score (nSPS) is 25.1. The van der Waals surface area contributed by atoms with Crippen molar-refractivity contribution in [3.63, 3.8) is 0 Å². The zero-order chi connectivity index (χ0) is 5.82. The Kier molecular flexibility index (Phi) is 2.87. The first-order chi connectivity index (χ1) is 3.93. The van der Waals surface area contributed by atoms with Gasteiger partial charge in [-0.1, -0.05) is 6.42 Å². The Labute approximate surface area is 57.6 Å². The molecule has 0 aromatic heterocycles. The summed E-state index contributed by atoms with van der Waals surface area (Å²) in [6.07, 6.45) is 4.17. The smallest absolute Gasteiger partial charge is 0.198 e. The van der Waals surface area contributed by atoms with Crippen LogP contribution in [0.3, 0.4) is 0 Å². The number of hydrogen-bond acceptors (Lipinski definition) is 1. The molecule has 0 unspecified atom stereocenters. The first-order valence-corrected chi connectivity index (χ1v) is 5.99. The van der Waals surface area contributed by atoms with Crippen LogP contribution in [0.4, 0.5) is 0 Å². The predicted molar refractivity (Wildman–Crippen MR) is 39.8 cm³/mol. The van der Waals surface area contributed by atoms with Gasteiger partial charge < -0.3 is 4.57 Å². The first-order valence-electron chi connectivity index (χ1n) is 3.22. The average Bonchev–Trinajstić information content (AvgIpc) is 1.90. The fourth-order valence-electron chi connectivity index (χ4n) is 1.08. The molecule has 0 N–H and O–H groups in total. The van der Waals surface area contributed by atoms with Crippen LogP contribution in [0.15, 0.2) is 0 Å². The van der Waals surface area contributed by atoms with Crippen molar-refractivity contribution in [2.45, 2.75) is 19.3 Å². The summed E-state index contributed by atoms with van der Waals surface area (Å²) in [6.45, 7) is 2.55. The van der Waals surface area contributed by atoms with Gasteiger partial charge in [0, 0.05) is 0 Å². The number of nitrogens with zero attached hydrogens (tertiary/aromatic N) is 1. The molecule has 8 heavy (non-hydrogen) atoms. The molecule has 1 aliphatic heterocycles.